The van der Waals surface area contributed by atoms with Gasteiger partial charge in [-0.15, -0.1) is 0 Å². The van der Waals surface area contributed by atoms with Gasteiger partial charge in [0.2, 0.25) is 0 Å². The van der Waals surface area contributed by atoms with Crippen LogP contribution in [-0.4, -0.2) is 11.1 Å². The van der Waals surface area contributed by atoms with E-state index in [1.807, 2.05) is 6.08 Å². The van der Waals surface area contributed by atoms with Gasteiger partial charge in [0.1, 0.15) is 0 Å². The zero-order valence-corrected chi connectivity index (χ0v) is 12.9. The Kier molecular flexibility index (Phi) is 14.7. The molecule has 0 fully saturated rings. The first-order valence-corrected chi connectivity index (χ1v) is 7.94. The molecule has 2 nitrogen and oxygen atoms in total. The third-order valence-corrected chi connectivity index (χ3v) is 3.06. The van der Waals surface area contributed by atoms with Crippen molar-refractivity contribution < 1.29 is 9.90 Å². The fraction of sp³-hybridized carbons (Fsp3) is 0.611. The van der Waals surface area contributed by atoms with Crippen LogP contribution in [0.25, 0.3) is 0 Å². The van der Waals surface area contributed by atoms with Crippen LogP contribution in [0, 0.1) is 0 Å². The van der Waals surface area contributed by atoms with Gasteiger partial charge in [0.25, 0.3) is 0 Å². The summed E-state index contributed by atoms with van der Waals surface area (Å²) in [5, 5.41) is 8.44. The van der Waals surface area contributed by atoms with Crippen LogP contribution >= 0.6 is 0 Å². The van der Waals surface area contributed by atoms with E-state index >= 15 is 0 Å². The van der Waals surface area contributed by atoms with Crippen LogP contribution in [0.3, 0.4) is 0 Å². The molecule has 114 valence electrons. The van der Waals surface area contributed by atoms with Gasteiger partial charge in [0, 0.05) is 0 Å². The van der Waals surface area contributed by atoms with Gasteiger partial charge in [-0.3, -0.25) is 4.79 Å². The van der Waals surface area contributed by atoms with Crippen molar-refractivity contribution in [2.45, 2.75) is 71.1 Å². The van der Waals surface area contributed by atoms with Crippen LogP contribution in [0.5, 0.6) is 0 Å². The molecule has 0 aliphatic heterocycles. The second-order valence-electron chi connectivity index (χ2n) is 5.04. The molecule has 2 heteroatoms. The predicted octanol–water partition coefficient (Wildman–Crippen LogP) is 5.66. The Hall–Kier alpha value is -1.31. The zero-order chi connectivity index (χ0) is 14.9. The number of unbranched alkanes of at least 4 members (excludes halogenated alkanes) is 6. The van der Waals surface area contributed by atoms with Gasteiger partial charge in [-0.1, -0.05) is 75.5 Å². The Labute approximate surface area is 124 Å². The van der Waals surface area contributed by atoms with Crippen LogP contribution < -0.4 is 0 Å². The van der Waals surface area contributed by atoms with E-state index in [0.717, 1.165) is 12.8 Å². The van der Waals surface area contributed by atoms with E-state index in [-0.39, 0.29) is 6.42 Å². The van der Waals surface area contributed by atoms with Crippen molar-refractivity contribution in [2.75, 3.05) is 0 Å². The molecular weight excluding hydrogens is 248 g/mol. The second-order valence-corrected chi connectivity index (χ2v) is 5.04. The largest absolute Gasteiger partial charge is 0.481 e. The lowest BCUT2D eigenvalue weighted by Crippen LogP contribution is -1.89. The molecule has 1 N–H and O–H groups in total. The molecule has 0 amide bonds. The number of rotatable bonds is 13. The first-order valence-electron chi connectivity index (χ1n) is 7.94. The van der Waals surface area contributed by atoms with E-state index in [4.69, 9.17) is 5.11 Å². The maximum Gasteiger partial charge on any atom is 0.307 e. The smallest absolute Gasteiger partial charge is 0.307 e. The molecule has 0 aromatic carbocycles. The Bertz CT molecular complexity index is 301. The number of hydrogen-bond donors (Lipinski definition) is 1. The highest BCUT2D eigenvalue weighted by Gasteiger charge is 1.88. The highest BCUT2D eigenvalue weighted by Crippen LogP contribution is 2.07. The lowest BCUT2D eigenvalue weighted by molar-refractivity contribution is -0.136. The van der Waals surface area contributed by atoms with Gasteiger partial charge in [-0.2, -0.15) is 0 Å². The van der Waals surface area contributed by atoms with Crippen molar-refractivity contribution in [2.24, 2.45) is 0 Å². The minimum Gasteiger partial charge on any atom is -0.481 e. The van der Waals surface area contributed by atoms with Crippen LogP contribution in [0.1, 0.15) is 71.1 Å². The highest BCUT2D eigenvalue weighted by molar-refractivity contribution is 5.68. The standard InChI is InChI=1S/C18H30O2/c1-2-3-4-5-6-7-8-9-10-11-12-13-14-15-16-17-18(19)20/h9-10,12-13,15-16H,2-8,11,14,17H2,1H3,(H,19,20)/b10-9+,13-12+,16-15+. The van der Waals surface area contributed by atoms with Gasteiger partial charge in [0.05, 0.1) is 6.42 Å². The Balaban J connectivity index is 3.30. The van der Waals surface area contributed by atoms with E-state index in [1.165, 1.54) is 44.9 Å². The molecule has 0 spiro atoms. The zero-order valence-electron chi connectivity index (χ0n) is 12.9. The Morgan fingerprint density at radius 1 is 0.800 bits per heavy atom. The first-order chi connectivity index (χ1) is 9.77. The Morgan fingerprint density at radius 3 is 2.00 bits per heavy atom. The summed E-state index contributed by atoms with van der Waals surface area (Å²) in [4.78, 5) is 10.3. The summed E-state index contributed by atoms with van der Waals surface area (Å²) in [7, 11) is 0. The molecule has 0 bridgehead atoms. The third-order valence-electron chi connectivity index (χ3n) is 3.06. The summed E-state index contributed by atoms with van der Waals surface area (Å²) in [5.74, 6) is -0.775. The molecular formula is C18H30O2. The summed E-state index contributed by atoms with van der Waals surface area (Å²) in [5.41, 5.74) is 0. The summed E-state index contributed by atoms with van der Waals surface area (Å²) in [6, 6.07) is 0. The summed E-state index contributed by atoms with van der Waals surface area (Å²) >= 11 is 0. The van der Waals surface area contributed by atoms with E-state index in [2.05, 4.69) is 31.2 Å². The normalized spacial score (nSPS) is 12.1. The molecule has 0 saturated heterocycles. The lowest BCUT2D eigenvalue weighted by atomic mass is 10.1. The Morgan fingerprint density at radius 2 is 1.35 bits per heavy atom. The first kappa shape index (κ1) is 18.7. The van der Waals surface area contributed by atoms with Gasteiger partial charge in [-0.05, 0) is 25.7 Å². The van der Waals surface area contributed by atoms with Crippen molar-refractivity contribution in [3.05, 3.63) is 36.5 Å². The SMILES string of the molecule is CCCCCCCC/C=C/C/C=C/C/C=C/CC(=O)O. The van der Waals surface area contributed by atoms with Crippen molar-refractivity contribution in [3.8, 4) is 0 Å². The molecule has 0 saturated carbocycles. The van der Waals surface area contributed by atoms with Crippen LogP contribution in [0.4, 0.5) is 0 Å². The molecule has 0 radical (unpaired) electrons. The second kappa shape index (κ2) is 15.7. The number of hydrogen-bond acceptors (Lipinski definition) is 1. The summed E-state index contributed by atoms with van der Waals surface area (Å²) in [6.07, 6.45) is 23.5. The molecule has 0 heterocycles. The van der Waals surface area contributed by atoms with Crippen LogP contribution in [0.15, 0.2) is 36.5 Å². The van der Waals surface area contributed by atoms with Crippen molar-refractivity contribution in [3.63, 3.8) is 0 Å². The highest BCUT2D eigenvalue weighted by atomic mass is 16.4. The minimum atomic E-state index is -0.775. The molecule has 0 aliphatic carbocycles. The summed E-state index contributed by atoms with van der Waals surface area (Å²) < 4.78 is 0. The minimum absolute atomic E-state index is 0.117. The van der Waals surface area contributed by atoms with Crippen LogP contribution in [0.2, 0.25) is 0 Å². The molecule has 0 rings (SSSR count). The van der Waals surface area contributed by atoms with Gasteiger partial charge >= 0.3 is 5.97 Å². The number of carbonyl (C=O) groups is 1. The van der Waals surface area contributed by atoms with Crippen molar-refractivity contribution in [1.29, 1.82) is 0 Å². The monoisotopic (exact) mass is 278 g/mol. The number of carboxylic acids is 1. The fourth-order valence-electron chi connectivity index (χ4n) is 1.89. The van der Waals surface area contributed by atoms with E-state index in [9.17, 15) is 4.79 Å². The number of aliphatic carboxylic acids is 1. The summed E-state index contributed by atoms with van der Waals surface area (Å²) in [6.45, 7) is 2.25. The average molecular weight is 278 g/mol. The lowest BCUT2D eigenvalue weighted by Gasteiger charge is -1.97. The van der Waals surface area contributed by atoms with Crippen molar-refractivity contribution in [1.82, 2.24) is 0 Å². The van der Waals surface area contributed by atoms with Gasteiger partial charge in [0.15, 0.2) is 0 Å². The van der Waals surface area contributed by atoms with Crippen LogP contribution in [-0.2, 0) is 4.79 Å². The predicted molar refractivity (Wildman–Crippen MR) is 86.9 cm³/mol. The van der Waals surface area contributed by atoms with E-state index in [1.54, 1.807) is 6.08 Å². The topological polar surface area (TPSA) is 37.3 Å². The van der Waals surface area contributed by atoms with Gasteiger partial charge in [-0.25, -0.2) is 0 Å². The van der Waals surface area contributed by atoms with Crippen molar-refractivity contribution >= 4 is 5.97 Å². The third kappa shape index (κ3) is 16.7. The molecule has 0 aromatic heterocycles. The molecule has 0 unspecified atom stereocenters. The average Bonchev–Trinajstić information content (AvgIpc) is 2.43. The van der Waals surface area contributed by atoms with E-state index in [0.29, 0.717) is 0 Å². The molecule has 0 atom stereocenters. The molecule has 0 aromatic rings. The molecule has 20 heavy (non-hydrogen) atoms. The number of carboxylic acid groups (broad SMARTS) is 1. The van der Waals surface area contributed by atoms with Gasteiger partial charge < -0.3 is 5.11 Å². The van der Waals surface area contributed by atoms with E-state index < -0.39 is 5.97 Å². The fourth-order valence-corrected chi connectivity index (χ4v) is 1.89. The maximum absolute atomic E-state index is 10.3. The maximum atomic E-state index is 10.3. The quantitative estimate of drug-likeness (QED) is 0.348. The number of allylic oxidation sites excluding steroid dienone is 5. The molecule has 0 aliphatic rings.